The van der Waals surface area contributed by atoms with Crippen LogP contribution in [0.2, 0.25) is 0 Å². The summed E-state index contributed by atoms with van der Waals surface area (Å²) in [5, 5.41) is 18.3. The predicted octanol–water partition coefficient (Wildman–Crippen LogP) is 1.13. The quantitative estimate of drug-likeness (QED) is 0.810. The second kappa shape index (κ2) is 4.94. The van der Waals surface area contributed by atoms with Gasteiger partial charge in [0.05, 0.1) is 6.04 Å². The Labute approximate surface area is 93.8 Å². The van der Waals surface area contributed by atoms with E-state index in [0.29, 0.717) is 11.3 Å². The van der Waals surface area contributed by atoms with Crippen LogP contribution in [0.1, 0.15) is 38.6 Å². The standard InChI is InChI=1S/C9H17N5S/c1-6(9-11-13-14-12-9)10-8-4-3-5-15-7(8)2/h6-8,10H,3-5H2,1-2H3,(H,11,12,13,14). The highest BCUT2D eigenvalue weighted by Crippen LogP contribution is 2.26. The minimum absolute atomic E-state index is 0.176. The van der Waals surface area contributed by atoms with Crippen molar-refractivity contribution in [3.8, 4) is 0 Å². The number of aromatic nitrogens is 4. The second-order valence-corrected chi connectivity index (χ2v) is 5.47. The molecule has 0 aliphatic carbocycles. The topological polar surface area (TPSA) is 66.5 Å². The molecule has 1 aliphatic rings. The van der Waals surface area contributed by atoms with Crippen LogP contribution in [-0.2, 0) is 0 Å². The lowest BCUT2D eigenvalue weighted by Crippen LogP contribution is -2.40. The Morgan fingerprint density at radius 3 is 3.13 bits per heavy atom. The van der Waals surface area contributed by atoms with Crippen LogP contribution in [0.25, 0.3) is 0 Å². The maximum Gasteiger partial charge on any atom is 0.191 e. The zero-order chi connectivity index (χ0) is 10.7. The molecule has 0 bridgehead atoms. The van der Waals surface area contributed by atoms with Crippen LogP contribution < -0.4 is 5.32 Å². The van der Waals surface area contributed by atoms with E-state index in [0.717, 1.165) is 5.82 Å². The third-order valence-electron chi connectivity index (χ3n) is 2.82. The van der Waals surface area contributed by atoms with Gasteiger partial charge in [-0.2, -0.15) is 17.0 Å². The minimum atomic E-state index is 0.176. The number of thioether (sulfide) groups is 1. The average Bonchev–Trinajstić information content (AvgIpc) is 2.74. The summed E-state index contributed by atoms with van der Waals surface area (Å²) >= 11 is 2.04. The maximum atomic E-state index is 3.99. The Morgan fingerprint density at radius 2 is 2.47 bits per heavy atom. The van der Waals surface area contributed by atoms with E-state index < -0.39 is 0 Å². The minimum Gasteiger partial charge on any atom is -0.304 e. The third-order valence-corrected chi connectivity index (χ3v) is 4.20. The highest BCUT2D eigenvalue weighted by atomic mass is 32.2. The first-order chi connectivity index (χ1) is 7.27. The molecule has 1 aromatic rings. The Balaban J connectivity index is 1.90. The Hall–Kier alpha value is -0.620. The number of hydrogen-bond acceptors (Lipinski definition) is 5. The lowest BCUT2D eigenvalue weighted by atomic mass is 10.1. The molecule has 2 heterocycles. The fraction of sp³-hybridized carbons (Fsp3) is 0.889. The maximum absolute atomic E-state index is 3.99. The highest BCUT2D eigenvalue weighted by molar-refractivity contribution is 7.99. The van der Waals surface area contributed by atoms with Gasteiger partial charge in [-0.05, 0) is 25.5 Å². The number of hydrogen-bond donors (Lipinski definition) is 2. The van der Waals surface area contributed by atoms with Crippen LogP contribution in [0.3, 0.4) is 0 Å². The molecular formula is C9H17N5S. The Morgan fingerprint density at radius 1 is 1.60 bits per heavy atom. The van der Waals surface area contributed by atoms with Crippen LogP contribution in [0.4, 0.5) is 0 Å². The molecule has 2 N–H and O–H groups in total. The van der Waals surface area contributed by atoms with Crippen molar-refractivity contribution in [3.63, 3.8) is 0 Å². The van der Waals surface area contributed by atoms with E-state index in [4.69, 9.17) is 0 Å². The monoisotopic (exact) mass is 227 g/mol. The molecule has 3 unspecified atom stereocenters. The van der Waals surface area contributed by atoms with Crippen molar-refractivity contribution in [2.75, 3.05) is 5.75 Å². The van der Waals surface area contributed by atoms with Crippen molar-refractivity contribution in [2.45, 2.75) is 44.0 Å². The molecule has 1 saturated heterocycles. The number of H-pyrrole nitrogens is 1. The Kier molecular flexibility index (Phi) is 3.58. The molecule has 5 nitrogen and oxygen atoms in total. The van der Waals surface area contributed by atoms with E-state index in [1.165, 1.54) is 18.6 Å². The average molecular weight is 227 g/mol. The fourth-order valence-corrected chi connectivity index (χ4v) is 3.04. The van der Waals surface area contributed by atoms with Gasteiger partial charge < -0.3 is 5.32 Å². The molecule has 15 heavy (non-hydrogen) atoms. The number of rotatable bonds is 3. The SMILES string of the molecule is CC(NC1CCCSC1C)c1nn[nH]n1. The van der Waals surface area contributed by atoms with Gasteiger partial charge in [-0.15, -0.1) is 10.2 Å². The summed E-state index contributed by atoms with van der Waals surface area (Å²) in [5.74, 6) is 2.04. The van der Waals surface area contributed by atoms with Crippen LogP contribution in [-0.4, -0.2) is 37.7 Å². The fourth-order valence-electron chi connectivity index (χ4n) is 1.89. The van der Waals surface area contributed by atoms with E-state index in [9.17, 15) is 0 Å². The molecule has 1 aromatic heterocycles. The van der Waals surface area contributed by atoms with Crippen molar-refractivity contribution >= 4 is 11.8 Å². The van der Waals surface area contributed by atoms with Crippen molar-refractivity contribution in [1.82, 2.24) is 25.9 Å². The molecule has 84 valence electrons. The van der Waals surface area contributed by atoms with Gasteiger partial charge in [-0.3, -0.25) is 0 Å². The van der Waals surface area contributed by atoms with E-state index in [2.05, 4.69) is 39.8 Å². The van der Waals surface area contributed by atoms with Crippen LogP contribution in [0, 0.1) is 0 Å². The van der Waals surface area contributed by atoms with Crippen molar-refractivity contribution in [2.24, 2.45) is 0 Å². The van der Waals surface area contributed by atoms with Crippen molar-refractivity contribution < 1.29 is 0 Å². The van der Waals surface area contributed by atoms with Crippen molar-refractivity contribution in [1.29, 1.82) is 0 Å². The number of tetrazole rings is 1. The molecule has 0 spiro atoms. The normalized spacial score (nSPS) is 28.9. The summed E-state index contributed by atoms with van der Waals surface area (Å²) < 4.78 is 0. The molecule has 0 amide bonds. The molecule has 0 saturated carbocycles. The van der Waals surface area contributed by atoms with Gasteiger partial charge in [0.25, 0.3) is 0 Å². The number of nitrogens with one attached hydrogen (secondary N) is 2. The summed E-state index contributed by atoms with van der Waals surface area (Å²) in [5.41, 5.74) is 0. The van der Waals surface area contributed by atoms with Gasteiger partial charge in [0, 0.05) is 11.3 Å². The van der Waals surface area contributed by atoms with Gasteiger partial charge in [-0.25, -0.2) is 0 Å². The predicted molar refractivity (Wildman–Crippen MR) is 60.7 cm³/mol. The first-order valence-corrected chi connectivity index (χ1v) is 6.43. The van der Waals surface area contributed by atoms with Crippen LogP contribution in [0.5, 0.6) is 0 Å². The zero-order valence-corrected chi connectivity index (χ0v) is 9.92. The number of aromatic amines is 1. The summed E-state index contributed by atoms with van der Waals surface area (Å²) in [4.78, 5) is 0. The molecule has 2 rings (SSSR count). The molecule has 3 atom stereocenters. The lowest BCUT2D eigenvalue weighted by Gasteiger charge is -2.30. The summed E-state index contributed by atoms with van der Waals surface area (Å²) in [7, 11) is 0. The summed E-state index contributed by atoms with van der Waals surface area (Å²) in [6.45, 7) is 4.36. The van der Waals surface area contributed by atoms with E-state index >= 15 is 0 Å². The molecule has 0 aromatic carbocycles. The molecule has 6 heteroatoms. The molecular weight excluding hydrogens is 210 g/mol. The Bertz CT molecular complexity index is 289. The van der Waals surface area contributed by atoms with Gasteiger partial charge in [0.1, 0.15) is 0 Å². The van der Waals surface area contributed by atoms with Gasteiger partial charge in [-0.1, -0.05) is 12.1 Å². The third kappa shape index (κ3) is 2.69. The van der Waals surface area contributed by atoms with Gasteiger partial charge >= 0.3 is 0 Å². The second-order valence-electron chi connectivity index (χ2n) is 3.98. The highest BCUT2D eigenvalue weighted by Gasteiger charge is 2.24. The van der Waals surface area contributed by atoms with Gasteiger partial charge in [0.2, 0.25) is 0 Å². The first kappa shape index (κ1) is 10.9. The lowest BCUT2D eigenvalue weighted by molar-refractivity contribution is 0.407. The van der Waals surface area contributed by atoms with Crippen molar-refractivity contribution in [3.05, 3.63) is 5.82 Å². The summed E-state index contributed by atoms with van der Waals surface area (Å²) in [6, 6.07) is 0.743. The first-order valence-electron chi connectivity index (χ1n) is 5.38. The van der Waals surface area contributed by atoms with Crippen LogP contribution in [0.15, 0.2) is 0 Å². The molecule has 1 fully saturated rings. The van der Waals surface area contributed by atoms with Gasteiger partial charge in [0.15, 0.2) is 5.82 Å². The van der Waals surface area contributed by atoms with E-state index in [-0.39, 0.29) is 6.04 Å². The van der Waals surface area contributed by atoms with E-state index in [1.807, 2.05) is 11.8 Å². The summed E-state index contributed by atoms with van der Waals surface area (Å²) in [6.07, 6.45) is 2.54. The van der Waals surface area contributed by atoms with Crippen LogP contribution >= 0.6 is 11.8 Å². The number of nitrogens with zero attached hydrogens (tertiary/aromatic N) is 3. The largest absolute Gasteiger partial charge is 0.304 e. The molecule has 0 radical (unpaired) electrons. The molecule has 1 aliphatic heterocycles. The smallest absolute Gasteiger partial charge is 0.191 e. The zero-order valence-electron chi connectivity index (χ0n) is 9.10. The van der Waals surface area contributed by atoms with E-state index in [1.54, 1.807) is 0 Å².